The van der Waals surface area contributed by atoms with E-state index in [1.54, 1.807) is 20.3 Å². The second-order valence-corrected chi connectivity index (χ2v) is 4.82. The fraction of sp³-hybridized carbons (Fsp3) is 0.143. The Kier molecular flexibility index (Phi) is 4.16. The van der Waals surface area contributed by atoms with Crippen LogP contribution in [-0.2, 0) is 0 Å². The van der Waals surface area contributed by atoms with E-state index in [0.29, 0.717) is 11.4 Å². The molecule has 4 nitrogen and oxygen atoms in total. The van der Waals surface area contributed by atoms with Crippen LogP contribution < -0.4 is 20.5 Å². The Hall–Kier alpha value is -1.88. The molecule has 0 bridgehead atoms. The van der Waals surface area contributed by atoms with E-state index in [0.717, 1.165) is 21.6 Å². The maximum atomic E-state index is 5.83. The molecule has 0 spiro atoms. The average Bonchev–Trinajstić information content (AvgIpc) is 2.40. The van der Waals surface area contributed by atoms with Crippen molar-refractivity contribution < 1.29 is 9.47 Å². The largest absolute Gasteiger partial charge is 0.497 e. The maximum Gasteiger partial charge on any atom is 0.122 e. The molecule has 2 aromatic carbocycles. The first-order chi connectivity index (χ1) is 9.12. The molecule has 0 unspecified atom stereocenters. The minimum Gasteiger partial charge on any atom is -0.497 e. The van der Waals surface area contributed by atoms with Crippen molar-refractivity contribution in [1.82, 2.24) is 0 Å². The molecule has 100 valence electrons. The first-order valence-corrected chi connectivity index (χ1v) is 6.47. The van der Waals surface area contributed by atoms with Gasteiger partial charge in [0.15, 0.2) is 0 Å². The van der Waals surface area contributed by atoms with Crippen molar-refractivity contribution in [3.8, 4) is 11.5 Å². The van der Waals surface area contributed by atoms with Crippen LogP contribution in [-0.4, -0.2) is 14.2 Å². The highest BCUT2D eigenvalue weighted by Gasteiger charge is 2.04. The van der Waals surface area contributed by atoms with Gasteiger partial charge in [-0.2, -0.15) is 0 Å². The van der Waals surface area contributed by atoms with Gasteiger partial charge in [-0.25, -0.2) is 0 Å². The summed E-state index contributed by atoms with van der Waals surface area (Å²) in [6.45, 7) is 0. The van der Waals surface area contributed by atoms with Crippen LogP contribution in [0.1, 0.15) is 0 Å². The standard InChI is InChI=1S/C14H15BrN2O2/c1-18-11-3-4-13(15)14(8-11)17-10-5-9(16)6-12(7-10)19-2/h3-8,17H,16H2,1-2H3. The Balaban J connectivity index is 2.32. The number of halogens is 1. The van der Waals surface area contributed by atoms with Crippen molar-refractivity contribution >= 4 is 33.0 Å². The average molecular weight is 323 g/mol. The van der Waals surface area contributed by atoms with E-state index in [4.69, 9.17) is 15.2 Å². The molecule has 0 aromatic heterocycles. The molecule has 0 aliphatic heterocycles. The summed E-state index contributed by atoms with van der Waals surface area (Å²) < 4.78 is 11.3. The van der Waals surface area contributed by atoms with Gasteiger partial charge < -0.3 is 20.5 Å². The van der Waals surface area contributed by atoms with Crippen LogP contribution in [0.15, 0.2) is 40.9 Å². The highest BCUT2D eigenvalue weighted by molar-refractivity contribution is 9.10. The second-order valence-electron chi connectivity index (χ2n) is 3.97. The van der Waals surface area contributed by atoms with E-state index in [1.807, 2.05) is 30.3 Å². The fourth-order valence-corrected chi connectivity index (χ4v) is 2.04. The number of ether oxygens (including phenoxy) is 2. The van der Waals surface area contributed by atoms with Crippen LogP contribution in [0.25, 0.3) is 0 Å². The summed E-state index contributed by atoms with van der Waals surface area (Å²) in [6.07, 6.45) is 0. The van der Waals surface area contributed by atoms with Gasteiger partial charge in [0.05, 0.1) is 19.9 Å². The highest BCUT2D eigenvalue weighted by Crippen LogP contribution is 2.31. The Bertz CT molecular complexity index is 588. The Morgan fingerprint density at radius 1 is 1.00 bits per heavy atom. The van der Waals surface area contributed by atoms with Crippen LogP contribution in [0.4, 0.5) is 17.1 Å². The van der Waals surface area contributed by atoms with Gasteiger partial charge in [0.25, 0.3) is 0 Å². The summed E-state index contributed by atoms with van der Waals surface area (Å²) >= 11 is 3.49. The molecule has 0 amide bonds. The smallest absolute Gasteiger partial charge is 0.122 e. The zero-order chi connectivity index (χ0) is 13.8. The predicted molar refractivity (Wildman–Crippen MR) is 81.4 cm³/mol. The number of rotatable bonds is 4. The fourth-order valence-electron chi connectivity index (χ4n) is 1.69. The van der Waals surface area contributed by atoms with Crippen LogP contribution in [0.3, 0.4) is 0 Å². The van der Waals surface area contributed by atoms with Crippen molar-refractivity contribution in [3.63, 3.8) is 0 Å². The van der Waals surface area contributed by atoms with Gasteiger partial charge in [-0.1, -0.05) is 0 Å². The Morgan fingerprint density at radius 2 is 1.74 bits per heavy atom. The normalized spacial score (nSPS) is 10.1. The molecule has 0 saturated heterocycles. The van der Waals surface area contributed by atoms with E-state index in [-0.39, 0.29) is 0 Å². The predicted octanol–water partition coefficient (Wildman–Crippen LogP) is 3.79. The Labute approximate surface area is 120 Å². The van der Waals surface area contributed by atoms with Crippen LogP contribution in [0.2, 0.25) is 0 Å². The topological polar surface area (TPSA) is 56.5 Å². The van der Waals surface area contributed by atoms with Crippen molar-refractivity contribution in [2.24, 2.45) is 0 Å². The molecule has 5 heteroatoms. The van der Waals surface area contributed by atoms with Gasteiger partial charge in [0, 0.05) is 34.0 Å². The number of hydrogen-bond donors (Lipinski definition) is 2. The van der Waals surface area contributed by atoms with Crippen LogP contribution >= 0.6 is 15.9 Å². The summed E-state index contributed by atoms with van der Waals surface area (Å²) in [4.78, 5) is 0. The lowest BCUT2D eigenvalue weighted by Crippen LogP contribution is -1.96. The van der Waals surface area contributed by atoms with E-state index in [1.165, 1.54) is 0 Å². The number of nitrogens with two attached hydrogens (primary N) is 1. The molecule has 0 fully saturated rings. The number of methoxy groups -OCH3 is 2. The third-order valence-corrected chi connectivity index (χ3v) is 3.31. The number of nitrogens with one attached hydrogen (secondary N) is 1. The lowest BCUT2D eigenvalue weighted by atomic mass is 10.2. The summed E-state index contributed by atoms with van der Waals surface area (Å²) in [6, 6.07) is 11.2. The minimum atomic E-state index is 0.640. The lowest BCUT2D eigenvalue weighted by Gasteiger charge is -2.12. The quantitative estimate of drug-likeness (QED) is 0.841. The summed E-state index contributed by atoms with van der Waals surface area (Å²) in [7, 11) is 3.25. The zero-order valence-corrected chi connectivity index (χ0v) is 12.3. The van der Waals surface area contributed by atoms with E-state index in [2.05, 4.69) is 21.2 Å². The summed E-state index contributed by atoms with van der Waals surface area (Å²) in [5.41, 5.74) is 8.21. The third-order valence-electron chi connectivity index (χ3n) is 2.62. The molecule has 0 aliphatic carbocycles. The minimum absolute atomic E-state index is 0.640. The molecule has 2 aromatic rings. The highest BCUT2D eigenvalue weighted by atomic mass is 79.9. The Morgan fingerprint density at radius 3 is 2.42 bits per heavy atom. The molecule has 3 N–H and O–H groups in total. The molecule has 0 radical (unpaired) electrons. The van der Waals surface area contributed by atoms with Crippen molar-refractivity contribution in [1.29, 1.82) is 0 Å². The van der Waals surface area contributed by atoms with Gasteiger partial charge in [-0.15, -0.1) is 0 Å². The van der Waals surface area contributed by atoms with E-state index in [9.17, 15) is 0 Å². The summed E-state index contributed by atoms with van der Waals surface area (Å²) in [5, 5.41) is 3.28. The van der Waals surface area contributed by atoms with Gasteiger partial charge >= 0.3 is 0 Å². The monoisotopic (exact) mass is 322 g/mol. The molecule has 0 atom stereocenters. The zero-order valence-electron chi connectivity index (χ0n) is 10.7. The van der Waals surface area contributed by atoms with Gasteiger partial charge in [-0.05, 0) is 34.1 Å². The molecular weight excluding hydrogens is 308 g/mol. The SMILES string of the molecule is COc1cc(N)cc(Nc2cc(OC)ccc2Br)c1. The van der Waals surface area contributed by atoms with Gasteiger partial charge in [-0.3, -0.25) is 0 Å². The van der Waals surface area contributed by atoms with Gasteiger partial charge in [0.2, 0.25) is 0 Å². The number of nitrogen functional groups attached to an aromatic ring is 1. The third kappa shape index (κ3) is 3.32. The van der Waals surface area contributed by atoms with Crippen molar-refractivity contribution in [2.45, 2.75) is 0 Å². The van der Waals surface area contributed by atoms with Crippen molar-refractivity contribution in [2.75, 3.05) is 25.3 Å². The molecule has 0 aliphatic rings. The number of hydrogen-bond acceptors (Lipinski definition) is 4. The number of benzene rings is 2. The first-order valence-electron chi connectivity index (χ1n) is 5.67. The molecule has 0 saturated carbocycles. The van der Waals surface area contributed by atoms with Crippen molar-refractivity contribution in [3.05, 3.63) is 40.9 Å². The van der Waals surface area contributed by atoms with E-state index >= 15 is 0 Å². The summed E-state index contributed by atoms with van der Waals surface area (Å²) in [5.74, 6) is 1.49. The maximum absolute atomic E-state index is 5.83. The molecule has 2 rings (SSSR count). The number of anilines is 3. The van der Waals surface area contributed by atoms with Crippen LogP contribution in [0.5, 0.6) is 11.5 Å². The lowest BCUT2D eigenvalue weighted by molar-refractivity contribution is 0.415. The molecule has 0 heterocycles. The second kappa shape index (κ2) is 5.84. The van der Waals surface area contributed by atoms with Crippen LogP contribution in [0, 0.1) is 0 Å². The first kappa shape index (κ1) is 13.5. The molecule has 19 heavy (non-hydrogen) atoms. The van der Waals surface area contributed by atoms with E-state index < -0.39 is 0 Å². The molecular formula is C14H15BrN2O2. The van der Waals surface area contributed by atoms with Gasteiger partial charge in [0.1, 0.15) is 11.5 Å².